The van der Waals surface area contributed by atoms with Crippen molar-refractivity contribution in [2.75, 3.05) is 19.6 Å². The number of nitrogens with zero attached hydrogens (tertiary/aromatic N) is 1. The first-order valence-electron chi connectivity index (χ1n) is 7.24. The standard InChI is InChI=1S/C16H26N2O/c1-12-4-6-15(7-5-12)16(17)8-9-18-10-13(2)19-14(3)11-18/h4-7,13-14,16H,8-11,17H2,1-3H3. The quantitative estimate of drug-likeness (QED) is 0.906. The van der Waals surface area contributed by atoms with Crippen LogP contribution in [0, 0.1) is 6.92 Å². The molecule has 1 aliphatic rings. The molecule has 106 valence electrons. The van der Waals surface area contributed by atoms with E-state index in [1.165, 1.54) is 11.1 Å². The molecular formula is C16H26N2O. The van der Waals surface area contributed by atoms with Gasteiger partial charge in [0.1, 0.15) is 0 Å². The maximum absolute atomic E-state index is 6.27. The Balaban J connectivity index is 1.83. The molecule has 2 N–H and O–H groups in total. The molecule has 0 amide bonds. The van der Waals surface area contributed by atoms with Crippen LogP contribution in [0.2, 0.25) is 0 Å². The highest BCUT2D eigenvalue weighted by Crippen LogP contribution is 2.17. The van der Waals surface area contributed by atoms with Crippen LogP contribution in [0.15, 0.2) is 24.3 Å². The fourth-order valence-corrected chi connectivity index (χ4v) is 2.77. The Morgan fingerprint density at radius 3 is 2.37 bits per heavy atom. The van der Waals surface area contributed by atoms with E-state index in [4.69, 9.17) is 10.5 Å². The van der Waals surface area contributed by atoms with Crippen molar-refractivity contribution in [2.45, 2.75) is 45.4 Å². The number of nitrogens with two attached hydrogens (primary N) is 1. The molecular weight excluding hydrogens is 236 g/mol. The van der Waals surface area contributed by atoms with E-state index in [0.717, 1.165) is 26.1 Å². The van der Waals surface area contributed by atoms with Gasteiger partial charge >= 0.3 is 0 Å². The second-order valence-electron chi connectivity index (χ2n) is 5.82. The summed E-state index contributed by atoms with van der Waals surface area (Å²) in [5.41, 5.74) is 8.79. The summed E-state index contributed by atoms with van der Waals surface area (Å²) in [6.45, 7) is 9.47. The molecule has 0 spiro atoms. The van der Waals surface area contributed by atoms with E-state index < -0.39 is 0 Å². The first kappa shape index (κ1) is 14.5. The summed E-state index contributed by atoms with van der Waals surface area (Å²) in [5, 5.41) is 0. The van der Waals surface area contributed by atoms with Crippen molar-refractivity contribution in [3.05, 3.63) is 35.4 Å². The lowest BCUT2D eigenvalue weighted by Crippen LogP contribution is -2.46. The number of aryl methyl sites for hydroxylation is 1. The van der Waals surface area contributed by atoms with Gasteiger partial charge in [0, 0.05) is 25.7 Å². The fourth-order valence-electron chi connectivity index (χ4n) is 2.77. The molecule has 3 atom stereocenters. The molecule has 0 saturated carbocycles. The molecule has 19 heavy (non-hydrogen) atoms. The van der Waals surface area contributed by atoms with Gasteiger partial charge in [0.2, 0.25) is 0 Å². The van der Waals surface area contributed by atoms with Gasteiger partial charge in [-0.1, -0.05) is 29.8 Å². The Morgan fingerprint density at radius 2 is 1.79 bits per heavy atom. The summed E-state index contributed by atoms with van der Waals surface area (Å²) < 4.78 is 5.75. The topological polar surface area (TPSA) is 38.5 Å². The second kappa shape index (κ2) is 6.51. The summed E-state index contributed by atoms with van der Waals surface area (Å²) in [7, 11) is 0. The van der Waals surface area contributed by atoms with Crippen molar-refractivity contribution in [2.24, 2.45) is 5.73 Å². The highest BCUT2D eigenvalue weighted by Gasteiger charge is 2.22. The lowest BCUT2D eigenvalue weighted by atomic mass is 10.0. The molecule has 0 aliphatic carbocycles. The van der Waals surface area contributed by atoms with E-state index in [-0.39, 0.29) is 6.04 Å². The number of ether oxygens (including phenoxy) is 1. The van der Waals surface area contributed by atoms with Crippen molar-refractivity contribution in [1.82, 2.24) is 4.90 Å². The van der Waals surface area contributed by atoms with Gasteiger partial charge in [0.15, 0.2) is 0 Å². The van der Waals surface area contributed by atoms with Crippen molar-refractivity contribution >= 4 is 0 Å². The minimum atomic E-state index is 0.133. The maximum Gasteiger partial charge on any atom is 0.0678 e. The second-order valence-corrected chi connectivity index (χ2v) is 5.82. The third kappa shape index (κ3) is 4.30. The average Bonchev–Trinajstić information content (AvgIpc) is 2.36. The van der Waals surface area contributed by atoms with Crippen molar-refractivity contribution in [1.29, 1.82) is 0 Å². The summed E-state index contributed by atoms with van der Waals surface area (Å²) >= 11 is 0. The summed E-state index contributed by atoms with van der Waals surface area (Å²) in [6.07, 6.45) is 1.67. The van der Waals surface area contributed by atoms with Crippen LogP contribution in [-0.2, 0) is 4.74 Å². The van der Waals surface area contributed by atoms with Crippen LogP contribution in [0.1, 0.15) is 37.4 Å². The molecule has 1 aromatic carbocycles. The summed E-state index contributed by atoms with van der Waals surface area (Å²) in [6, 6.07) is 8.69. The number of morpholine rings is 1. The third-order valence-corrected chi connectivity index (χ3v) is 3.76. The normalized spacial score (nSPS) is 26.3. The Bertz CT molecular complexity index is 380. The van der Waals surface area contributed by atoms with E-state index in [2.05, 4.69) is 49.9 Å². The predicted octanol–water partition coefficient (Wildman–Crippen LogP) is 2.49. The molecule has 0 radical (unpaired) electrons. The minimum absolute atomic E-state index is 0.133. The average molecular weight is 262 g/mol. The Hall–Kier alpha value is -0.900. The van der Waals surface area contributed by atoms with Gasteiger partial charge in [-0.3, -0.25) is 4.90 Å². The lowest BCUT2D eigenvalue weighted by molar-refractivity contribution is -0.0684. The van der Waals surface area contributed by atoms with Crippen LogP contribution < -0.4 is 5.73 Å². The fraction of sp³-hybridized carbons (Fsp3) is 0.625. The monoisotopic (exact) mass is 262 g/mol. The van der Waals surface area contributed by atoms with E-state index in [1.807, 2.05) is 0 Å². The van der Waals surface area contributed by atoms with Gasteiger partial charge in [-0.25, -0.2) is 0 Å². The first-order valence-corrected chi connectivity index (χ1v) is 7.24. The van der Waals surface area contributed by atoms with Gasteiger partial charge in [-0.15, -0.1) is 0 Å². The van der Waals surface area contributed by atoms with Gasteiger partial charge in [0.25, 0.3) is 0 Å². The van der Waals surface area contributed by atoms with Gasteiger partial charge in [-0.2, -0.15) is 0 Å². The van der Waals surface area contributed by atoms with Crippen molar-refractivity contribution in [3.8, 4) is 0 Å². The number of benzene rings is 1. The van der Waals surface area contributed by atoms with Gasteiger partial charge in [0.05, 0.1) is 12.2 Å². The zero-order chi connectivity index (χ0) is 13.8. The van der Waals surface area contributed by atoms with Crippen molar-refractivity contribution in [3.63, 3.8) is 0 Å². The Kier molecular flexibility index (Phi) is 4.97. The molecule has 3 unspecified atom stereocenters. The predicted molar refractivity (Wildman–Crippen MR) is 79.2 cm³/mol. The Morgan fingerprint density at radius 1 is 1.21 bits per heavy atom. The van der Waals surface area contributed by atoms with Gasteiger partial charge in [-0.05, 0) is 32.8 Å². The molecule has 0 bridgehead atoms. The number of hydrogen-bond acceptors (Lipinski definition) is 3. The molecule has 1 saturated heterocycles. The summed E-state index contributed by atoms with van der Waals surface area (Å²) in [4.78, 5) is 2.47. The molecule has 1 aliphatic heterocycles. The van der Waals surface area contributed by atoms with E-state index in [0.29, 0.717) is 12.2 Å². The minimum Gasteiger partial charge on any atom is -0.373 e. The summed E-state index contributed by atoms with van der Waals surface area (Å²) in [5.74, 6) is 0. The molecule has 2 rings (SSSR count). The van der Waals surface area contributed by atoms with E-state index in [9.17, 15) is 0 Å². The SMILES string of the molecule is Cc1ccc(C(N)CCN2CC(C)OC(C)C2)cc1. The number of hydrogen-bond donors (Lipinski definition) is 1. The largest absolute Gasteiger partial charge is 0.373 e. The zero-order valence-corrected chi connectivity index (χ0v) is 12.3. The lowest BCUT2D eigenvalue weighted by Gasteiger charge is -2.35. The molecule has 1 heterocycles. The number of rotatable bonds is 4. The molecule has 0 aromatic heterocycles. The molecule has 3 heteroatoms. The highest BCUT2D eigenvalue weighted by atomic mass is 16.5. The van der Waals surface area contributed by atoms with Gasteiger partial charge < -0.3 is 10.5 Å². The van der Waals surface area contributed by atoms with E-state index in [1.54, 1.807) is 0 Å². The molecule has 1 fully saturated rings. The van der Waals surface area contributed by atoms with Crippen LogP contribution in [-0.4, -0.2) is 36.7 Å². The van der Waals surface area contributed by atoms with Crippen LogP contribution in [0.25, 0.3) is 0 Å². The molecule has 3 nitrogen and oxygen atoms in total. The zero-order valence-electron chi connectivity index (χ0n) is 12.3. The van der Waals surface area contributed by atoms with Crippen molar-refractivity contribution < 1.29 is 4.74 Å². The van der Waals surface area contributed by atoms with E-state index >= 15 is 0 Å². The molecule has 1 aromatic rings. The smallest absolute Gasteiger partial charge is 0.0678 e. The van der Waals surface area contributed by atoms with Crippen LogP contribution in [0.3, 0.4) is 0 Å². The Labute approximate surface area is 116 Å². The first-order chi connectivity index (χ1) is 9.04. The van der Waals surface area contributed by atoms with Crippen LogP contribution >= 0.6 is 0 Å². The van der Waals surface area contributed by atoms with Crippen LogP contribution in [0.4, 0.5) is 0 Å². The third-order valence-electron chi connectivity index (χ3n) is 3.76. The van der Waals surface area contributed by atoms with Crippen LogP contribution in [0.5, 0.6) is 0 Å². The highest BCUT2D eigenvalue weighted by molar-refractivity contribution is 5.23. The maximum atomic E-state index is 6.27.